The number of anilines is 1. The summed E-state index contributed by atoms with van der Waals surface area (Å²) in [5, 5.41) is 5.62. The Kier molecular flexibility index (Phi) is 4.46. The fourth-order valence-electron chi connectivity index (χ4n) is 2.64. The summed E-state index contributed by atoms with van der Waals surface area (Å²) in [6.45, 7) is 2.15. The molecule has 3 heterocycles. The minimum Gasteiger partial charge on any atom is -0.349 e. The van der Waals surface area contributed by atoms with E-state index < -0.39 is 6.03 Å². The van der Waals surface area contributed by atoms with E-state index in [0.717, 1.165) is 28.8 Å². The van der Waals surface area contributed by atoms with Crippen molar-refractivity contribution in [1.82, 2.24) is 20.1 Å². The van der Waals surface area contributed by atoms with E-state index in [1.54, 1.807) is 11.3 Å². The van der Waals surface area contributed by atoms with E-state index in [1.807, 2.05) is 5.38 Å². The monoisotopic (exact) mass is 337 g/mol. The maximum absolute atomic E-state index is 11.9. The van der Waals surface area contributed by atoms with Gasteiger partial charge in [0.25, 0.3) is 5.91 Å². The quantitative estimate of drug-likeness (QED) is 0.779. The molecule has 0 saturated carbocycles. The number of imide groups is 1. The maximum Gasteiger partial charge on any atom is 0.327 e. The Hall–Kier alpha value is -2.16. The molecule has 0 radical (unpaired) electrons. The van der Waals surface area contributed by atoms with Crippen molar-refractivity contribution in [2.75, 3.05) is 38.1 Å². The predicted octanol–water partition coefficient (Wildman–Crippen LogP) is 0.253. The second-order valence-electron chi connectivity index (χ2n) is 5.71. The van der Waals surface area contributed by atoms with Gasteiger partial charge in [-0.1, -0.05) is 0 Å². The molecule has 1 N–H and O–H groups in total. The van der Waals surface area contributed by atoms with Crippen LogP contribution < -0.4 is 10.2 Å². The van der Waals surface area contributed by atoms with E-state index in [0.29, 0.717) is 6.54 Å². The maximum atomic E-state index is 11.9. The van der Waals surface area contributed by atoms with Crippen LogP contribution in [0.5, 0.6) is 0 Å². The molecule has 2 fully saturated rings. The summed E-state index contributed by atoms with van der Waals surface area (Å²) in [5.41, 5.74) is 0.793. The van der Waals surface area contributed by atoms with Crippen molar-refractivity contribution in [2.45, 2.75) is 19.4 Å². The zero-order valence-electron chi connectivity index (χ0n) is 12.9. The first kappa shape index (κ1) is 15.7. The summed E-state index contributed by atoms with van der Waals surface area (Å²) in [7, 11) is 1.54. The number of thiazole rings is 1. The van der Waals surface area contributed by atoms with Gasteiger partial charge < -0.3 is 15.1 Å². The number of carbonyl (C=O) groups excluding carboxylic acids is 3. The van der Waals surface area contributed by atoms with Crippen LogP contribution in [0.15, 0.2) is 5.38 Å². The first-order chi connectivity index (χ1) is 11.0. The van der Waals surface area contributed by atoms with Crippen molar-refractivity contribution in [3.8, 4) is 0 Å². The standard InChI is InChI=1S/C14H19N5O3S/c1-17-8-12(21)19(14(17)22)7-11(20)15-6-10-9-23-13(16-10)18-4-2-3-5-18/h9H,2-8H2,1H3,(H,15,20). The van der Waals surface area contributed by atoms with E-state index in [-0.39, 0.29) is 24.9 Å². The third-order valence-corrected chi connectivity index (χ3v) is 4.87. The summed E-state index contributed by atoms with van der Waals surface area (Å²) in [4.78, 5) is 44.3. The number of nitrogens with zero attached hydrogens (tertiary/aromatic N) is 4. The van der Waals surface area contributed by atoms with Crippen molar-refractivity contribution in [3.05, 3.63) is 11.1 Å². The van der Waals surface area contributed by atoms with Crippen LogP contribution in [-0.4, -0.2) is 65.9 Å². The van der Waals surface area contributed by atoms with Crippen LogP contribution in [-0.2, 0) is 16.1 Å². The van der Waals surface area contributed by atoms with Crippen LogP contribution in [0.2, 0.25) is 0 Å². The molecule has 9 heteroatoms. The lowest BCUT2D eigenvalue weighted by atomic mass is 10.4. The third kappa shape index (κ3) is 3.44. The fraction of sp³-hybridized carbons (Fsp3) is 0.571. The molecule has 4 amide bonds. The van der Waals surface area contributed by atoms with Gasteiger partial charge in [-0.25, -0.2) is 9.78 Å². The topological polar surface area (TPSA) is 85.8 Å². The van der Waals surface area contributed by atoms with Gasteiger partial charge in [-0.15, -0.1) is 11.3 Å². The predicted molar refractivity (Wildman–Crippen MR) is 85.1 cm³/mol. The number of aromatic nitrogens is 1. The molecule has 0 bridgehead atoms. The molecule has 0 spiro atoms. The Morgan fingerprint density at radius 1 is 1.35 bits per heavy atom. The second kappa shape index (κ2) is 6.53. The zero-order valence-corrected chi connectivity index (χ0v) is 13.8. The normalized spacial score (nSPS) is 18.2. The Labute approximate surface area is 138 Å². The van der Waals surface area contributed by atoms with Crippen molar-refractivity contribution in [2.24, 2.45) is 0 Å². The van der Waals surface area contributed by atoms with Gasteiger partial charge in [0.15, 0.2) is 5.13 Å². The Morgan fingerprint density at radius 3 is 2.74 bits per heavy atom. The molecule has 8 nitrogen and oxygen atoms in total. The lowest BCUT2D eigenvalue weighted by molar-refractivity contribution is -0.130. The average molecular weight is 337 g/mol. The summed E-state index contributed by atoms with van der Waals surface area (Å²) in [6, 6.07) is -0.435. The van der Waals surface area contributed by atoms with Crippen LogP contribution in [0.25, 0.3) is 0 Å². The molecular formula is C14H19N5O3S. The highest BCUT2D eigenvalue weighted by atomic mass is 32.1. The van der Waals surface area contributed by atoms with Crippen LogP contribution in [0.1, 0.15) is 18.5 Å². The van der Waals surface area contributed by atoms with Crippen LogP contribution >= 0.6 is 11.3 Å². The molecule has 0 atom stereocenters. The van der Waals surface area contributed by atoms with Gasteiger partial charge in [-0.05, 0) is 12.8 Å². The Balaban J connectivity index is 1.49. The number of rotatable bonds is 5. The minimum absolute atomic E-state index is 0.0252. The smallest absolute Gasteiger partial charge is 0.327 e. The zero-order chi connectivity index (χ0) is 16.4. The summed E-state index contributed by atoms with van der Waals surface area (Å²) < 4.78 is 0. The SMILES string of the molecule is CN1CC(=O)N(CC(=O)NCc2csc(N3CCCC3)n2)C1=O. The molecule has 2 aliphatic heterocycles. The Bertz CT molecular complexity index is 626. The fourth-order valence-corrected chi connectivity index (χ4v) is 3.52. The number of hydrogen-bond acceptors (Lipinski definition) is 6. The molecule has 0 unspecified atom stereocenters. The molecule has 1 aromatic rings. The van der Waals surface area contributed by atoms with E-state index >= 15 is 0 Å². The number of nitrogens with one attached hydrogen (secondary N) is 1. The molecular weight excluding hydrogens is 318 g/mol. The minimum atomic E-state index is -0.435. The van der Waals surface area contributed by atoms with Crippen LogP contribution in [0.3, 0.4) is 0 Å². The molecule has 0 aromatic carbocycles. The number of hydrogen-bond donors (Lipinski definition) is 1. The van der Waals surface area contributed by atoms with Crippen molar-refractivity contribution >= 4 is 34.3 Å². The third-order valence-electron chi connectivity index (χ3n) is 3.92. The highest BCUT2D eigenvalue weighted by Gasteiger charge is 2.34. The summed E-state index contributed by atoms with van der Waals surface area (Å²) >= 11 is 1.57. The van der Waals surface area contributed by atoms with Crippen LogP contribution in [0.4, 0.5) is 9.93 Å². The van der Waals surface area contributed by atoms with Crippen molar-refractivity contribution < 1.29 is 14.4 Å². The van der Waals surface area contributed by atoms with Crippen LogP contribution in [0, 0.1) is 0 Å². The molecule has 124 valence electrons. The van der Waals surface area contributed by atoms with Gasteiger partial charge >= 0.3 is 6.03 Å². The first-order valence-corrected chi connectivity index (χ1v) is 8.44. The first-order valence-electron chi connectivity index (χ1n) is 7.56. The van der Waals surface area contributed by atoms with Crippen molar-refractivity contribution in [1.29, 1.82) is 0 Å². The summed E-state index contributed by atoms with van der Waals surface area (Å²) in [6.07, 6.45) is 2.38. The average Bonchev–Trinajstić information content (AvgIpc) is 3.23. The van der Waals surface area contributed by atoms with E-state index in [4.69, 9.17) is 0 Å². The van der Waals surface area contributed by atoms with E-state index in [2.05, 4.69) is 15.2 Å². The molecule has 23 heavy (non-hydrogen) atoms. The molecule has 1 aromatic heterocycles. The summed E-state index contributed by atoms with van der Waals surface area (Å²) in [5.74, 6) is -0.713. The molecule has 3 rings (SSSR count). The van der Waals surface area contributed by atoms with Gasteiger partial charge in [0, 0.05) is 25.5 Å². The molecule has 2 aliphatic rings. The Morgan fingerprint density at radius 2 is 2.09 bits per heavy atom. The number of amides is 4. The number of likely N-dealkylation sites (N-methyl/N-ethyl adjacent to an activating group) is 1. The highest BCUT2D eigenvalue weighted by molar-refractivity contribution is 7.13. The van der Waals surface area contributed by atoms with Gasteiger partial charge in [0.05, 0.1) is 12.2 Å². The van der Waals surface area contributed by atoms with Gasteiger partial charge in [0.2, 0.25) is 5.91 Å². The molecule has 0 aliphatic carbocycles. The lowest BCUT2D eigenvalue weighted by Gasteiger charge is -2.13. The van der Waals surface area contributed by atoms with E-state index in [1.165, 1.54) is 24.8 Å². The highest BCUT2D eigenvalue weighted by Crippen LogP contribution is 2.24. The number of carbonyl (C=O) groups is 3. The second-order valence-corrected chi connectivity index (χ2v) is 6.55. The van der Waals surface area contributed by atoms with E-state index in [9.17, 15) is 14.4 Å². The van der Waals surface area contributed by atoms with Gasteiger partial charge in [-0.2, -0.15) is 0 Å². The van der Waals surface area contributed by atoms with Gasteiger partial charge in [-0.3, -0.25) is 14.5 Å². The number of urea groups is 1. The van der Waals surface area contributed by atoms with Gasteiger partial charge in [0.1, 0.15) is 13.1 Å². The van der Waals surface area contributed by atoms with Crippen molar-refractivity contribution in [3.63, 3.8) is 0 Å². The molecule has 2 saturated heterocycles. The largest absolute Gasteiger partial charge is 0.349 e. The lowest BCUT2D eigenvalue weighted by Crippen LogP contribution is -2.40.